The lowest BCUT2D eigenvalue weighted by molar-refractivity contribution is -0.117. The van der Waals surface area contributed by atoms with Crippen molar-refractivity contribution in [1.82, 2.24) is 0 Å². The number of benzene rings is 1. The zero-order valence-electron chi connectivity index (χ0n) is 9.79. The molecule has 1 aromatic carbocycles. The molecule has 1 aromatic rings. The molecule has 0 saturated heterocycles. The van der Waals surface area contributed by atoms with E-state index in [1.54, 1.807) is 4.90 Å². The third-order valence-corrected chi connectivity index (χ3v) is 3.23. The molecule has 15 heavy (non-hydrogen) atoms. The molecule has 1 aliphatic rings. The van der Waals surface area contributed by atoms with Gasteiger partial charge in [-0.3, -0.25) is 4.79 Å². The van der Waals surface area contributed by atoms with Crippen LogP contribution in [0.1, 0.15) is 36.5 Å². The highest BCUT2D eigenvalue weighted by Gasteiger charge is 2.26. The van der Waals surface area contributed by atoms with Crippen molar-refractivity contribution in [2.75, 3.05) is 11.9 Å². The molecular formula is C13H17NO. The summed E-state index contributed by atoms with van der Waals surface area (Å²) in [6.07, 6.45) is 0.561. The van der Waals surface area contributed by atoms with Crippen molar-refractivity contribution in [2.24, 2.45) is 0 Å². The lowest BCUT2D eigenvalue weighted by atomic mass is 9.94. The van der Waals surface area contributed by atoms with Crippen molar-refractivity contribution in [2.45, 2.75) is 33.1 Å². The van der Waals surface area contributed by atoms with Crippen molar-refractivity contribution in [1.29, 1.82) is 0 Å². The van der Waals surface area contributed by atoms with Crippen LogP contribution in [0.15, 0.2) is 12.1 Å². The van der Waals surface area contributed by atoms with E-state index >= 15 is 0 Å². The van der Waals surface area contributed by atoms with Crippen LogP contribution in [0.2, 0.25) is 0 Å². The molecule has 1 heterocycles. The number of hydrogen-bond acceptors (Lipinski definition) is 1. The highest BCUT2D eigenvalue weighted by atomic mass is 16.2. The second-order valence-corrected chi connectivity index (χ2v) is 4.57. The fourth-order valence-corrected chi connectivity index (χ4v) is 2.41. The van der Waals surface area contributed by atoms with Crippen LogP contribution in [0, 0.1) is 6.92 Å². The van der Waals surface area contributed by atoms with Crippen LogP contribution in [0.5, 0.6) is 0 Å². The van der Waals surface area contributed by atoms with Gasteiger partial charge < -0.3 is 4.90 Å². The summed E-state index contributed by atoms with van der Waals surface area (Å²) < 4.78 is 0. The van der Waals surface area contributed by atoms with Gasteiger partial charge in [-0.15, -0.1) is 0 Å². The van der Waals surface area contributed by atoms with Gasteiger partial charge in [0.2, 0.25) is 5.91 Å². The minimum Gasteiger partial charge on any atom is -0.315 e. The molecule has 0 bridgehead atoms. The lowest BCUT2D eigenvalue weighted by Crippen LogP contribution is -2.21. The maximum absolute atomic E-state index is 11.6. The van der Waals surface area contributed by atoms with Gasteiger partial charge >= 0.3 is 0 Å². The highest BCUT2D eigenvalue weighted by molar-refractivity contribution is 6.02. The molecule has 0 radical (unpaired) electrons. The minimum atomic E-state index is 0.203. The molecule has 0 fully saturated rings. The number of hydrogen-bond donors (Lipinski definition) is 0. The normalized spacial score (nSPS) is 15.0. The molecule has 0 spiro atoms. The van der Waals surface area contributed by atoms with Crippen LogP contribution < -0.4 is 4.90 Å². The quantitative estimate of drug-likeness (QED) is 0.687. The highest BCUT2D eigenvalue weighted by Crippen LogP contribution is 2.35. The second kappa shape index (κ2) is 3.37. The summed E-state index contributed by atoms with van der Waals surface area (Å²) in [7, 11) is 1.87. The summed E-state index contributed by atoms with van der Waals surface area (Å²) in [6.45, 7) is 6.49. The van der Waals surface area contributed by atoms with Crippen molar-refractivity contribution >= 4 is 11.6 Å². The molecule has 0 atom stereocenters. The lowest BCUT2D eigenvalue weighted by Gasteiger charge is -2.18. The number of fused-ring (bicyclic) bond motifs is 1. The predicted octanol–water partition coefficient (Wildman–Crippen LogP) is 2.64. The molecular weight excluding hydrogens is 186 g/mol. The third kappa shape index (κ3) is 1.44. The van der Waals surface area contributed by atoms with Crippen molar-refractivity contribution in [3.63, 3.8) is 0 Å². The minimum absolute atomic E-state index is 0.203. The Hall–Kier alpha value is -1.31. The molecule has 0 aliphatic carbocycles. The number of likely N-dealkylation sites (N-methyl/N-ethyl adjacent to an activating group) is 1. The van der Waals surface area contributed by atoms with Gasteiger partial charge in [-0.2, -0.15) is 0 Å². The van der Waals surface area contributed by atoms with E-state index in [9.17, 15) is 4.79 Å². The maximum Gasteiger partial charge on any atom is 0.231 e. The maximum atomic E-state index is 11.6. The van der Waals surface area contributed by atoms with E-state index < -0.39 is 0 Å². The largest absolute Gasteiger partial charge is 0.315 e. The summed E-state index contributed by atoms with van der Waals surface area (Å²) in [5.74, 6) is 0.716. The van der Waals surface area contributed by atoms with E-state index in [1.165, 1.54) is 16.7 Å². The molecule has 0 N–H and O–H groups in total. The summed E-state index contributed by atoms with van der Waals surface area (Å²) in [4.78, 5) is 13.4. The van der Waals surface area contributed by atoms with E-state index in [4.69, 9.17) is 0 Å². The first-order chi connectivity index (χ1) is 7.02. The van der Waals surface area contributed by atoms with E-state index in [2.05, 4.69) is 32.9 Å². The number of amides is 1. The molecule has 1 amide bonds. The van der Waals surface area contributed by atoms with E-state index in [0.717, 1.165) is 5.69 Å². The Balaban J connectivity index is 2.59. The molecule has 0 aromatic heterocycles. The smallest absolute Gasteiger partial charge is 0.231 e. The van der Waals surface area contributed by atoms with Crippen LogP contribution in [0.4, 0.5) is 5.69 Å². The van der Waals surface area contributed by atoms with Gasteiger partial charge in [0.05, 0.1) is 12.1 Å². The zero-order valence-corrected chi connectivity index (χ0v) is 9.79. The predicted molar refractivity (Wildman–Crippen MR) is 62.4 cm³/mol. The topological polar surface area (TPSA) is 20.3 Å². The van der Waals surface area contributed by atoms with Crippen LogP contribution in [-0.4, -0.2) is 13.0 Å². The van der Waals surface area contributed by atoms with Gasteiger partial charge in [0.15, 0.2) is 0 Å². The van der Waals surface area contributed by atoms with Gasteiger partial charge in [-0.05, 0) is 29.5 Å². The SMILES string of the molecule is Cc1c(C(C)C)ccc2c1N(C)C(=O)C2. The molecule has 2 heteroatoms. The molecule has 2 nitrogen and oxygen atoms in total. The summed E-state index contributed by atoms with van der Waals surface area (Å²) >= 11 is 0. The van der Waals surface area contributed by atoms with Gasteiger partial charge in [0, 0.05) is 7.05 Å². The number of carbonyl (C=O) groups excluding carboxylic acids is 1. The number of anilines is 1. The zero-order chi connectivity index (χ0) is 11.2. The number of nitrogens with zero attached hydrogens (tertiary/aromatic N) is 1. The Morgan fingerprint density at radius 3 is 2.60 bits per heavy atom. The summed E-state index contributed by atoms with van der Waals surface area (Å²) in [5, 5.41) is 0. The Morgan fingerprint density at radius 1 is 1.33 bits per heavy atom. The fourth-order valence-electron chi connectivity index (χ4n) is 2.41. The van der Waals surface area contributed by atoms with Crippen molar-refractivity contribution in [3.05, 3.63) is 28.8 Å². The Kier molecular flexibility index (Phi) is 2.29. The number of carbonyl (C=O) groups is 1. The average molecular weight is 203 g/mol. The van der Waals surface area contributed by atoms with Crippen molar-refractivity contribution in [3.8, 4) is 0 Å². The van der Waals surface area contributed by atoms with Crippen LogP contribution in [-0.2, 0) is 11.2 Å². The third-order valence-electron chi connectivity index (χ3n) is 3.23. The molecule has 0 saturated carbocycles. The first-order valence-electron chi connectivity index (χ1n) is 5.41. The van der Waals surface area contributed by atoms with E-state index in [-0.39, 0.29) is 5.91 Å². The average Bonchev–Trinajstić information content (AvgIpc) is 2.43. The van der Waals surface area contributed by atoms with Crippen molar-refractivity contribution < 1.29 is 4.79 Å². The summed E-state index contributed by atoms with van der Waals surface area (Å²) in [5.41, 5.74) is 4.90. The first kappa shape index (κ1) is 10.2. The Bertz CT molecular complexity index is 421. The van der Waals surface area contributed by atoms with Gasteiger partial charge in [-0.1, -0.05) is 26.0 Å². The van der Waals surface area contributed by atoms with Crippen LogP contribution in [0.3, 0.4) is 0 Å². The molecule has 0 unspecified atom stereocenters. The Labute approximate surface area is 90.9 Å². The number of rotatable bonds is 1. The van der Waals surface area contributed by atoms with Crippen LogP contribution in [0.25, 0.3) is 0 Å². The van der Waals surface area contributed by atoms with Gasteiger partial charge in [0.1, 0.15) is 0 Å². The molecule has 80 valence electrons. The molecule has 1 aliphatic heterocycles. The monoisotopic (exact) mass is 203 g/mol. The van der Waals surface area contributed by atoms with E-state index in [1.807, 2.05) is 7.05 Å². The molecule has 2 rings (SSSR count). The second-order valence-electron chi connectivity index (χ2n) is 4.57. The van der Waals surface area contributed by atoms with Gasteiger partial charge in [0.25, 0.3) is 0 Å². The summed E-state index contributed by atoms with van der Waals surface area (Å²) in [6, 6.07) is 4.25. The van der Waals surface area contributed by atoms with E-state index in [0.29, 0.717) is 12.3 Å². The fraction of sp³-hybridized carbons (Fsp3) is 0.462. The first-order valence-corrected chi connectivity index (χ1v) is 5.41. The standard InChI is InChI=1S/C13H17NO/c1-8(2)11-6-5-10-7-12(15)14(4)13(10)9(11)3/h5-6,8H,7H2,1-4H3. The van der Waals surface area contributed by atoms with Crippen LogP contribution >= 0.6 is 0 Å². The van der Waals surface area contributed by atoms with Gasteiger partial charge in [-0.25, -0.2) is 0 Å². The Morgan fingerprint density at radius 2 is 2.00 bits per heavy atom.